The van der Waals surface area contributed by atoms with E-state index in [1.165, 1.54) is 38.5 Å². The molecule has 2 rings (SSSR count). The Morgan fingerprint density at radius 2 is 1.94 bits per heavy atom. The number of amides is 1. The summed E-state index contributed by atoms with van der Waals surface area (Å²) in [6, 6.07) is -0.00380. The van der Waals surface area contributed by atoms with Gasteiger partial charge in [-0.15, -0.1) is 0 Å². The van der Waals surface area contributed by atoms with Crippen molar-refractivity contribution in [2.75, 3.05) is 19.6 Å². The summed E-state index contributed by atoms with van der Waals surface area (Å²) in [4.78, 5) is 14.3. The van der Waals surface area contributed by atoms with E-state index in [0.29, 0.717) is 5.91 Å². The number of carbonyl (C=O) groups is 1. The zero-order valence-electron chi connectivity index (χ0n) is 12.0. The first kappa shape index (κ1) is 13.9. The van der Waals surface area contributed by atoms with Crippen LogP contribution in [0.1, 0.15) is 52.4 Å². The van der Waals surface area contributed by atoms with Gasteiger partial charge >= 0.3 is 0 Å². The fourth-order valence-electron chi connectivity index (χ4n) is 3.33. The highest BCUT2D eigenvalue weighted by Crippen LogP contribution is 2.30. The first-order chi connectivity index (χ1) is 8.68. The number of rotatable bonds is 4. The Bertz CT molecular complexity index is 274. The Kier molecular flexibility index (Phi) is 5.04. The van der Waals surface area contributed by atoms with Crippen LogP contribution < -0.4 is 5.32 Å². The van der Waals surface area contributed by atoms with Gasteiger partial charge in [0.05, 0.1) is 6.04 Å². The summed E-state index contributed by atoms with van der Waals surface area (Å²) < 4.78 is 0. The van der Waals surface area contributed by atoms with Crippen molar-refractivity contribution in [2.24, 2.45) is 11.8 Å². The summed E-state index contributed by atoms with van der Waals surface area (Å²) in [6.07, 6.45) is 7.70. The molecule has 18 heavy (non-hydrogen) atoms. The average molecular weight is 252 g/mol. The van der Waals surface area contributed by atoms with Crippen molar-refractivity contribution in [1.29, 1.82) is 0 Å². The maximum Gasteiger partial charge on any atom is 0.239 e. The maximum atomic E-state index is 12.2. The molecule has 3 atom stereocenters. The van der Waals surface area contributed by atoms with Gasteiger partial charge < -0.3 is 10.2 Å². The van der Waals surface area contributed by atoms with E-state index in [0.717, 1.165) is 31.5 Å². The van der Waals surface area contributed by atoms with Gasteiger partial charge in [-0.3, -0.25) is 4.79 Å². The van der Waals surface area contributed by atoms with Crippen molar-refractivity contribution in [3.05, 3.63) is 0 Å². The lowest BCUT2D eigenvalue weighted by Gasteiger charge is -2.30. The van der Waals surface area contributed by atoms with Gasteiger partial charge in [-0.2, -0.15) is 0 Å². The second-order valence-corrected chi connectivity index (χ2v) is 6.18. The lowest BCUT2D eigenvalue weighted by atomic mass is 9.98. The normalized spacial score (nSPS) is 30.4. The predicted molar refractivity (Wildman–Crippen MR) is 74.4 cm³/mol. The van der Waals surface area contributed by atoms with Crippen molar-refractivity contribution < 1.29 is 4.79 Å². The molecule has 1 aliphatic heterocycles. The van der Waals surface area contributed by atoms with E-state index in [9.17, 15) is 4.79 Å². The van der Waals surface area contributed by atoms with Crippen LogP contribution in [-0.2, 0) is 4.79 Å². The van der Waals surface area contributed by atoms with Crippen molar-refractivity contribution in [3.8, 4) is 0 Å². The van der Waals surface area contributed by atoms with E-state index >= 15 is 0 Å². The molecule has 0 aromatic carbocycles. The molecule has 3 heteroatoms. The molecule has 1 heterocycles. The number of likely N-dealkylation sites (tertiary alicyclic amines) is 1. The Hall–Kier alpha value is -0.570. The number of carbonyl (C=O) groups excluding carboxylic acids is 1. The van der Waals surface area contributed by atoms with E-state index in [1.807, 2.05) is 11.8 Å². The van der Waals surface area contributed by atoms with E-state index in [4.69, 9.17) is 0 Å². The highest BCUT2D eigenvalue weighted by Gasteiger charge is 2.26. The molecule has 1 aliphatic carbocycles. The van der Waals surface area contributed by atoms with Gasteiger partial charge in [0.2, 0.25) is 5.91 Å². The van der Waals surface area contributed by atoms with Crippen LogP contribution in [0.4, 0.5) is 0 Å². The Balaban J connectivity index is 1.73. The van der Waals surface area contributed by atoms with Crippen LogP contribution in [0.15, 0.2) is 0 Å². The summed E-state index contributed by atoms with van der Waals surface area (Å²) in [5.41, 5.74) is 0. The Labute approximate surface area is 111 Å². The molecule has 1 amide bonds. The molecule has 1 saturated heterocycles. The predicted octanol–water partition coefficient (Wildman–Crippen LogP) is 2.41. The molecule has 0 radical (unpaired) electrons. The molecule has 0 aromatic heterocycles. The van der Waals surface area contributed by atoms with Gasteiger partial charge in [-0.1, -0.05) is 19.8 Å². The lowest BCUT2D eigenvalue weighted by molar-refractivity contribution is -0.134. The molecule has 3 nitrogen and oxygen atoms in total. The van der Waals surface area contributed by atoms with E-state index < -0.39 is 0 Å². The Morgan fingerprint density at radius 3 is 2.56 bits per heavy atom. The van der Waals surface area contributed by atoms with Gasteiger partial charge in [-0.25, -0.2) is 0 Å². The topological polar surface area (TPSA) is 32.3 Å². The molecule has 104 valence electrons. The molecule has 1 saturated carbocycles. The zero-order chi connectivity index (χ0) is 13.0. The number of nitrogens with zero attached hydrogens (tertiary/aromatic N) is 1. The third-order valence-corrected chi connectivity index (χ3v) is 4.76. The van der Waals surface area contributed by atoms with Crippen LogP contribution in [0.2, 0.25) is 0 Å². The van der Waals surface area contributed by atoms with Crippen LogP contribution in [-0.4, -0.2) is 36.5 Å². The number of hydrogen-bond donors (Lipinski definition) is 1. The lowest BCUT2D eigenvalue weighted by Crippen LogP contribution is -2.47. The van der Waals surface area contributed by atoms with Crippen LogP contribution in [0, 0.1) is 11.8 Å². The fraction of sp³-hybridized carbons (Fsp3) is 0.933. The summed E-state index contributed by atoms with van der Waals surface area (Å²) in [7, 11) is 0. The second kappa shape index (κ2) is 6.55. The molecular formula is C15H28N2O. The SMILES string of the molecule is CC(NCC1CCCC1C)C(=O)N1CCCCC1. The molecule has 1 N–H and O–H groups in total. The smallest absolute Gasteiger partial charge is 0.239 e. The molecule has 2 aliphatic rings. The summed E-state index contributed by atoms with van der Waals surface area (Å²) in [5, 5.41) is 3.46. The monoisotopic (exact) mass is 252 g/mol. The van der Waals surface area contributed by atoms with Gasteiger partial charge in [0.15, 0.2) is 0 Å². The molecule has 2 fully saturated rings. The highest BCUT2D eigenvalue weighted by atomic mass is 16.2. The van der Waals surface area contributed by atoms with Crippen LogP contribution >= 0.6 is 0 Å². The van der Waals surface area contributed by atoms with Gasteiger partial charge in [0.1, 0.15) is 0 Å². The third-order valence-electron chi connectivity index (χ3n) is 4.76. The van der Waals surface area contributed by atoms with Gasteiger partial charge in [0, 0.05) is 13.1 Å². The van der Waals surface area contributed by atoms with Crippen LogP contribution in [0.3, 0.4) is 0 Å². The molecule has 0 spiro atoms. The first-order valence-electron chi connectivity index (χ1n) is 7.70. The number of piperidine rings is 1. The second-order valence-electron chi connectivity index (χ2n) is 6.18. The maximum absolute atomic E-state index is 12.2. The standard InChI is InChI=1S/C15H28N2O/c1-12-7-6-8-14(12)11-16-13(2)15(18)17-9-4-3-5-10-17/h12-14,16H,3-11H2,1-2H3. The third kappa shape index (κ3) is 3.47. The molecular weight excluding hydrogens is 224 g/mol. The average Bonchev–Trinajstić information content (AvgIpc) is 2.81. The van der Waals surface area contributed by atoms with Crippen LogP contribution in [0.5, 0.6) is 0 Å². The highest BCUT2D eigenvalue weighted by molar-refractivity contribution is 5.81. The van der Waals surface area contributed by atoms with Crippen molar-refractivity contribution >= 4 is 5.91 Å². The van der Waals surface area contributed by atoms with Gasteiger partial charge in [-0.05, 0) is 51.0 Å². The minimum Gasteiger partial charge on any atom is -0.341 e. The van der Waals surface area contributed by atoms with Crippen molar-refractivity contribution in [2.45, 2.75) is 58.4 Å². The first-order valence-corrected chi connectivity index (χ1v) is 7.70. The molecule has 3 unspecified atom stereocenters. The molecule has 0 aromatic rings. The summed E-state index contributed by atoms with van der Waals surface area (Å²) in [5.74, 6) is 1.91. The minimum absolute atomic E-state index is 0.00380. The quantitative estimate of drug-likeness (QED) is 0.833. The van der Waals surface area contributed by atoms with E-state index in [-0.39, 0.29) is 6.04 Å². The molecule has 0 bridgehead atoms. The van der Waals surface area contributed by atoms with Crippen molar-refractivity contribution in [1.82, 2.24) is 10.2 Å². The van der Waals surface area contributed by atoms with Crippen LogP contribution in [0.25, 0.3) is 0 Å². The fourth-order valence-corrected chi connectivity index (χ4v) is 3.33. The van der Waals surface area contributed by atoms with Gasteiger partial charge in [0.25, 0.3) is 0 Å². The minimum atomic E-state index is -0.00380. The van der Waals surface area contributed by atoms with E-state index in [2.05, 4.69) is 12.2 Å². The zero-order valence-corrected chi connectivity index (χ0v) is 12.0. The largest absolute Gasteiger partial charge is 0.341 e. The van der Waals surface area contributed by atoms with Crippen molar-refractivity contribution in [3.63, 3.8) is 0 Å². The number of hydrogen-bond acceptors (Lipinski definition) is 2. The number of nitrogens with one attached hydrogen (secondary N) is 1. The summed E-state index contributed by atoms with van der Waals surface area (Å²) in [6.45, 7) is 7.31. The Morgan fingerprint density at radius 1 is 1.22 bits per heavy atom. The van der Waals surface area contributed by atoms with E-state index in [1.54, 1.807) is 0 Å². The summed E-state index contributed by atoms with van der Waals surface area (Å²) >= 11 is 0.